The Morgan fingerprint density at radius 1 is 1.21 bits per heavy atom. The van der Waals surface area contributed by atoms with E-state index in [1.165, 1.54) is 12.1 Å². The fourth-order valence-electron chi connectivity index (χ4n) is 1.99. The molecule has 0 fully saturated rings. The minimum Gasteiger partial charge on any atom is -0.383 e. The van der Waals surface area contributed by atoms with Crippen molar-refractivity contribution in [1.29, 1.82) is 0 Å². The Kier molecular flexibility index (Phi) is 4.32. The predicted octanol–water partition coefficient (Wildman–Crippen LogP) is 3.82. The Balaban J connectivity index is 2.27. The zero-order chi connectivity index (χ0) is 13.9. The number of hydrogen-bond donors (Lipinski definition) is 1. The summed E-state index contributed by atoms with van der Waals surface area (Å²) >= 11 is 3.38. The highest BCUT2D eigenvalue weighted by atomic mass is 79.9. The molecule has 1 unspecified atom stereocenters. The molecule has 19 heavy (non-hydrogen) atoms. The van der Waals surface area contributed by atoms with E-state index in [9.17, 15) is 9.50 Å². The number of hydrogen-bond acceptors (Lipinski definition) is 2. The quantitative estimate of drug-likeness (QED) is 0.927. The predicted molar refractivity (Wildman–Crippen MR) is 76.2 cm³/mol. The van der Waals surface area contributed by atoms with Gasteiger partial charge in [-0.1, -0.05) is 35.0 Å². The van der Waals surface area contributed by atoms with Crippen molar-refractivity contribution in [3.8, 4) is 0 Å². The van der Waals surface area contributed by atoms with Crippen molar-refractivity contribution < 1.29 is 9.50 Å². The first-order chi connectivity index (χ1) is 9.03. The maximum absolute atomic E-state index is 12.9. The second-order valence-electron chi connectivity index (χ2n) is 4.55. The summed E-state index contributed by atoms with van der Waals surface area (Å²) in [5.41, 5.74) is 0.444. The molecule has 0 aliphatic carbocycles. The van der Waals surface area contributed by atoms with Gasteiger partial charge in [-0.15, -0.1) is 0 Å². The molecule has 100 valence electrons. The van der Waals surface area contributed by atoms with E-state index in [0.29, 0.717) is 18.5 Å². The van der Waals surface area contributed by atoms with Crippen LogP contribution in [-0.2, 0) is 12.0 Å². The molecule has 0 saturated heterocycles. The van der Waals surface area contributed by atoms with E-state index in [2.05, 4.69) is 20.9 Å². The smallest absolute Gasteiger partial charge is 0.141 e. The van der Waals surface area contributed by atoms with Crippen molar-refractivity contribution >= 4 is 15.9 Å². The molecule has 1 N–H and O–H groups in total. The molecule has 0 bridgehead atoms. The van der Waals surface area contributed by atoms with Crippen LogP contribution in [0, 0.1) is 5.82 Å². The van der Waals surface area contributed by atoms with Gasteiger partial charge >= 0.3 is 0 Å². The summed E-state index contributed by atoms with van der Waals surface area (Å²) in [7, 11) is 0. The van der Waals surface area contributed by atoms with E-state index in [1.54, 1.807) is 0 Å². The molecule has 0 radical (unpaired) electrons. The van der Waals surface area contributed by atoms with E-state index in [4.69, 9.17) is 0 Å². The number of pyridine rings is 1. The fourth-order valence-corrected chi connectivity index (χ4v) is 2.25. The van der Waals surface area contributed by atoms with Crippen LogP contribution in [0.5, 0.6) is 0 Å². The van der Waals surface area contributed by atoms with Gasteiger partial charge in [-0.2, -0.15) is 0 Å². The van der Waals surface area contributed by atoms with Gasteiger partial charge < -0.3 is 5.11 Å². The zero-order valence-corrected chi connectivity index (χ0v) is 12.2. The van der Waals surface area contributed by atoms with Crippen LogP contribution in [0.1, 0.15) is 24.6 Å². The number of halogens is 2. The van der Waals surface area contributed by atoms with Gasteiger partial charge in [-0.3, -0.25) is 4.98 Å². The third-order valence-electron chi connectivity index (χ3n) is 3.20. The number of nitrogens with zero attached hydrogens (tertiary/aromatic N) is 1. The van der Waals surface area contributed by atoms with Crippen molar-refractivity contribution in [1.82, 2.24) is 4.98 Å². The SMILES string of the molecule is CCC(O)(Cc1ccc(Br)cc1)c1ccc(F)cn1. The molecule has 1 aromatic carbocycles. The topological polar surface area (TPSA) is 33.1 Å². The molecule has 1 aromatic heterocycles. The summed E-state index contributed by atoms with van der Waals surface area (Å²) in [4.78, 5) is 4.00. The van der Waals surface area contributed by atoms with Crippen LogP contribution in [-0.4, -0.2) is 10.1 Å². The summed E-state index contributed by atoms with van der Waals surface area (Å²) in [6.45, 7) is 1.89. The number of aromatic nitrogens is 1. The van der Waals surface area contributed by atoms with Gasteiger partial charge in [0.05, 0.1) is 11.9 Å². The average Bonchev–Trinajstić information content (AvgIpc) is 2.42. The van der Waals surface area contributed by atoms with Gasteiger partial charge in [0.1, 0.15) is 11.4 Å². The highest BCUT2D eigenvalue weighted by Crippen LogP contribution is 2.28. The Morgan fingerprint density at radius 3 is 2.42 bits per heavy atom. The van der Waals surface area contributed by atoms with Crippen molar-refractivity contribution in [2.24, 2.45) is 0 Å². The summed E-state index contributed by atoms with van der Waals surface area (Å²) in [6.07, 6.45) is 2.11. The third-order valence-corrected chi connectivity index (χ3v) is 3.73. The summed E-state index contributed by atoms with van der Waals surface area (Å²) in [5.74, 6) is -0.397. The van der Waals surface area contributed by atoms with Crippen LogP contribution >= 0.6 is 15.9 Å². The van der Waals surface area contributed by atoms with Gasteiger partial charge in [0.15, 0.2) is 0 Å². The average molecular weight is 324 g/mol. The molecule has 0 aliphatic rings. The highest BCUT2D eigenvalue weighted by molar-refractivity contribution is 9.10. The monoisotopic (exact) mass is 323 g/mol. The van der Waals surface area contributed by atoms with E-state index >= 15 is 0 Å². The van der Waals surface area contributed by atoms with Crippen LogP contribution < -0.4 is 0 Å². The Hall–Kier alpha value is -1.26. The number of benzene rings is 1. The van der Waals surface area contributed by atoms with Crippen LogP contribution in [0.25, 0.3) is 0 Å². The molecule has 0 amide bonds. The van der Waals surface area contributed by atoms with E-state index in [-0.39, 0.29) is 0 Å². The van der Waals surface area contributed by atoms with E-state index in [1.807, 2.05) is 31.2 Å². The second-order valence-corrected chi connectivity index (χ2v) is 5.47. The summed E-state index contributed by atoms with van der Waals surface area (Å²) in [5, 5.41) is 10.7. The normalized spacial score (nSPS) is 14.1. The fraction of sp³-hybridized carbons (Fsp3) is 0.267. The lowest BCUT2D eigenvalue weighted by Crippen LogP contribution is -2.28. The molecule has 0 aliphatic heterocycles. The first-order valence-corrected chi connectivity index (χ1v) is 6.91. The molecular formula is C15H15BrFNO. The molecule has 4 heteroatoms. The first kappa shape index (κ1) is 14.2. The van der Waals surface area contributed by atoms with E-state index in [0.717, 1.165) is 16.2 Å². The molecular weight excluding hydrogens is 309 g/mol. The third kappa shape index (κ3) is 3.39. The maximum Gasteiger partial charge on any atom is 0.141 e. The molecule has 2 aromatic rings. The lowest BCUT2D eigenvalue weighted by molar-refractivity contribution is 0.0282. The van der Waals surface area contributed by atoms with Crippen LogP contribution in [0.3, 0.4) is 0 Å². The van der Waals surface area contributed by atoms with Gasteiger partial charge in [0.2, 0.25) is 0 Å². The largest absolute Gasteiger partial charge is 0.383 e. The molecule has 0 spiro atoms. The van der Waals surface area contributed by atoms with Crippen molar-refractivity contribution in [3.05, 3.63) is 64.1 Å². The van der Waals surface area contributed by atoms with Crippen molar-refractivity contribution in [3.63, 3.8) is 0 Å². The summed E-state index contributed by atoms with van der Waals surface area (Å²) in [6, 6.07) is 10.6. The van der Waals surface area contributed by atoms with Crippen molar-refractivity contribution in [2.75, 3.05) is 0 Å². The molecule has 1 heterocycles. The minimum absolute atomic E-state index is 0.397. The van der Waals surface area contributed by atoms with E-state index < -0.39 is 11.4 Å². The standard InChI is InChI=1S/C15H15BrFNO/c1-2-15(19,14-8-7-13(17)10-18-14)9-11-3-5-12(16)6-4-11/h3-8,10,19H,2,9H2,1H3. The molecule has 2 rings (SSSR count). The Bertz CT molecular complexity index is 541. The molecule has 2 nitrogen and oxygen atoms in total. The minimum atomic E-state index is -1.07. The van der Waals surface area contributed by atoms with Crippen molar-refractivity contribution in [2.45, 2.75) is 25.4 Å². The number of rotatable bonds is 4. The van der Waals surface area contributed by atoms with Gasteiger partial charge in [0.25, 0.3) is 0 Å². The van der Waals surface area contributed by atoms with Gasteiger partial charge in [-0.05, 0) is 36.2 Å². The summed E-state index contributed by atoms with van der Waals surface area (Å²) < 4.78 is 13.9. The zero-order valence-electron chi connectivity index (χ0n) is 10.6. The number of aliphatic hydroxyl groups is 1. The lowest BCUT2D eigenvalue weighted by Gasteiger charge is -2.26. The van der Waals surface area contributed by atoms with Gasteiger partial charge in [0, 0.05) is 10.9 Å². The molecule has 0 saturated carbocycles. The Morgan fingerprint density at radius 2 is 1.89 bits per heavy atom. The van der Waals surface area contributed by atoms with Gasteiger partial charge in [-0.25, -0.2) is 4.39 Å². The van der Waals surface area contributed by atoms with Crippen LogP contribution in [0.2, 0.25) is 0 Å². The molecule has 1 atom stereocenters. The van der Waals surface area contributed by atoms with Crippen LogP contribution in [0.4, 0.5) is 4.39 Å². The first-order valence-electron chi connectivity index (χ1n) is 6.12. The lowest BCUT2D eigenvalue weighted by atomic mass is 9.88. The Labute approximate surface area is 120 Å². The maximum atomic E-state index is 12.9. The van der Waals surface area contributed by atoms with Crippen LogP contribution in [0.15, 0.2) is 47.1 Å². The highest BCUT2D eigenvalue weighted by Gasteiger charge is 2.29. The second kappa shape index (κ2) is 5.80.